The van der Waals surface area contributed by atoms with Gasteiger partial charge in [0.15, 0.2) is 0 Å². The van der Waals surface area contributed by atoms with E-state index >= 15 is 0 Å². The van der Waals surface area contributed by atoms with Gasteiger partial charge in [0.05, 0.1) is 26.1 Å². The SMILES string of the molecule is Cc1ccc(C[C@]2(CO)CN(C(=O)CCn3ccnc3)CCO2)cc1. The summed E-state index contributed by atoms with van der Waals surface area (Å²) in [4.78, 5) is 18.3. The van der Waals surface area contributed by atoms with Crippen LogP contribution in [0.3, 0.4) is 0 Å². The summed E-state index contributed by atoms with van der Waals surface area (Å²) in [5.74, 6) is 0.0822. The van der Waals surface area contributed by atoms with Crippen LogP contribution >= 0.6 is 0 Å². The molecule has 1 fully saturated rings. The van der Waals surface area contributed by atoms with Crippen molar-refractivity contribution in [3.63, 3.8) is 0 Å². The van der Waals surface area contributed by atoms with Crippen molar-refractivity contribution in [2.24, 2.45) is 0 Å². The summed E-state index contributed by atoms with van der Waals surface area (Å²) < 4.78 is 7.81. The van der Waals surface area contributed by atoms with Crippen molar-refractivity contribution in [1.82, 2.24) is 14.5 Å². The van der Waals surface area contributed by atoms with E-state index in [1.54, 1.807) is 12.5 Å². The minimum atomic E-state index is -0.724. The standard InChI is InChI=1S/C19H25N3O3/c1-16-2-4-17(5-3-16)12-19(14-23)13-22(10-11-25-19)18(24)6-8-21-9-7-20-15-21/h2-5,7,9,15,23H,6,8,10-14H2,1H3/t19-/m1/s1. The molecular weight excluding hydrogens is 318 g/mol. The Labute approximate surface area is 148 Å². The second kappa shape index (κ2) is 7.80. The average Bonchev–Trinajstić information content (AvgIpc) is 3.15. The van der Waals surface area contributed by atoms with E-state index in [-0.39, 0.29) is 12.5 Å². The van der Waals surface area contributed by atoms with Crippen molar-refractivity contribution in [2.75, 3.05) is 26.3 Å². The lowest BCUT2D eigenvalue weighted by atomic mass is 9.92. The topological polar surface area (TPSA) is 67.6 Å². The molecule has 1 amide bonds. The van der Waals surface area contributed by atoms with E-state index in [0.717, 1.165) is 5.56 Å². The third-order valence-corrected chi connectivity index (χ3v) is 4.68. The second-order valence-corrected chi connectivity index (χ2v) is 6.72. The summed E-state index contributed by atoms with van der Waals surface area (Å²) in [5, 5.41) is 9.96. The number of hydrogen-bond donors (Lipinski definition) is 1. The minimum absolute atomic E-state index is 0.0822. The number of imidazole rings is 1. The highest BCUT2D eigenvalue weighted by Crippen LogP contribution is 2.24. The van der Waals surface area contributed by atoms with Crippen LogP contribution in [0.25, 0.3) is 0 Å². The van der Waals surface area contributed by atoms with E-state index in [1.807, 2.05) is 22.6 Å². The van der Waals surface area contributed by atoms with Crippen molar-refractivity contribution in [1.29, 1.82) is 0 Å². The summed E-state index contributed by atoms with van der Waals surface area (Å²) in [6, 6.07) is 8.21. The molecule has 0 saturated carbocycles. The number of carbonyl (C=O) groups is 1. The molecular formula is C19H25N3O3. The lowest BCUT2D eigenvalue weighted by Crippen LogP contribution is -2.56. The molecule has 1 aliphatic heterocycles. The molecule has 1 aromatic carbocycles. The van der Waals surface area contributed by atoms with Crippen LogP contribution in [-0.4, -0.2) is 57.4 Å². The Morgan fingerprint density at radius 3 is 2.84 bits per heavy atom. The van der Waals surface area contributed by atoms with E-state index in [4.69, 9.17) is 4.74 Å². The molecule has 0 radical (unpaired) electrons. The molecule has 0 bridgehead atoms. The third-order valence-electron chi connectivity index (χ3n) is 4.68. The predicted molar refractivity (Wildman–Crippen MR) is 94.1 cm³/mol. The van der Waals surface area contributed by atoms with Crippen LogP contribution in [0.2, 0.25) is 0 Å². The number of amides is 1. The Hall–Kier alpha value is -2.18. The minimum Gasteiger partial charge on any atom is -0.393 e. The normalized spacial score (nSPS) is 20.6. The summed E-state index contributed by atoms with van der Waals surface area (Å²) in [7, 11) is 0. The first-order valence-corrected chi connectivity index (χ1v) is 8.64. The quantitative estimate of drug-likeness (QED) is 0.861. The molecule has 1 aliphatic rings. The number of hydrogen-bond acceptors (Lipinski definition) is 4. The van der Waals surface area contributed by atoms with Crippen molar-refractivity contribution in [3.05, 3.63) is 54.1 Å². The first kappa shape index (κ1) is 17.6. The van der Waals surface area contributed by atoms with Gasteiger partial charge in [0.1, 0.15) is 5.60 Å². The van der Waals surface area contributed by atoms with E-state index in [0.29, 0.717) is 39.1 Å². The molecule has 1 saturated heterocycles. The average molecular weight is 343 g/mol. The lowest BCUT2D eigenvalue weighted by molar-refractivity contribution is -0.158. The van der Waals surface area contributed by atoms with Gasteiger partial charge in [-0.3, -0.25) is 4.79 Å². The number of carbonyl (C=O) groups excluding carboxylic acids is 1. The highest BCUT2D eigenvalue weighted by molar-refractivity contribution is 5.76. The molecule has 2 aromatic rings. The number of aryl methyl sites for hydroxylation is 2. The monoisotopic (exact) mass is 343 g/mol. The molecule has 6 heteroatoms. The molecule has 1 aromatic heterocycles. The maximum absolute atomic E-state index is 12.5. The molecule has 1 atom stereocenters. The number of aliphatic hydroxyl groups is 1. The van der Waals surface area contributed by atoms with Crippen LogP contribution in [0, 0.1) is 6.92 Å². The summed E-state index contributed by atoms with van der Waals surface area (Å²) in [5.41, 5.74) is 1.58. The van der Waals surface area contributed by atoms with Crippen molar-refractivity contribution < 1.29 is 14.6 Å². The highest BCUT2D eigenvalue weighted by atomic mass is 16.5. The Morgan fingerprint density at radius 2 is 2.16 bits per heavy atom. The van der Waals surface area contributed by atoms with E-state index in [9.17, 15) is 9.90 Å². The smallest absolute Gasteiger partial charge is 0.224 e. The van der Waals surface area contributed by atoms with Gasteiger partial charge in [-0.15, -0.1) is 0 Å². The predicted octanol–water partition coefficient (Wildman–Crippen LogP) is 1.41. The molecule has 0 aliphatic carbocycles. The van der Waals surface area contributed by atoms with Crippen LogP contribution in [0.4, 0.5) is 0 Å². The number of benzene rings is 1. The van der Waals surface area contributed by atoms with Gasteiger partial charge >= 0.3 is 0 Å². The fraction of sp³-hybridized carbons (Fsp3) is 0.474. The maximum atomic E-state index is 12.5. The van der Waals surface area contributed by atoms with Gasteiger partial charge in [-0.05, 0) is 12.5 Å². The summed E-state index contributed by atoms with van der Waals surface area (Å²) >= 11 is 0. The molecule has 0 spiro atoms. The number of morpholine rings is 1. The lowest BCUT2D eigenvalue weighted by Gasteiger charge is -2.42. The van der Waals surface area contributed by atoms with Gasteiger partial charge in [0.2, 0.25) is 5.91 Å². The van der Waals surface area contributed by atoms with Crippen molar-refractivity contribution in [2.45, 2.75) is 31.9 Å². The van der Waals surface area contributed by atoms with Gasteiger partial charge < -0.3 is 19.3 Å². The van der Waals surface area contributed by atoms with Crippen LogP contribution < -0.4 is 0 Å². The van der Waals surface area contributed by atoms with E-state index in [2.05, 4.69) is 29.2 Å². The van der Waals surface area contributed by atoms with Crippen LogP contribution in [-0.2, 0) is 22.5 Å². The van der Waals surface area contributed by atoms with Crippen molar-refractivity contribution >= 4 is 5.91 Å². The molecule has 3 rings (SSSR count). The molecule has 6 nitrogen and oxygen atoms in total. The van der Waals surface area contributed by atoms with E-state index < -0.39 is 5.60 Å². The Bertz CT molecular complexity index is 684. The number of ether oxygens (including phenoxy) is 1. The van der Waals surface area contributed by atoms with Gasteiger partial charge in [-0.25, -0.2) is 4.98 Å². The van der Waals surface area contributed by atoms with Crippen LogP contribution in [0.15, 0.2) is 43.0 Å². The van der Waals surface area contributed by atoms with Crippen molar-refractivity contribution in [3.8, 4) is 0 Å². The molecule has 0 unspecified atom stereocenters. The van der Waals surface area contributed by atoms with Crippen LogP contribution in [0.1, 0.15) is 17.5 Å². The fourth-order valence-electron chi connectivity index (χ4n) is 3.20. The molecule has 1 N–H and O–H groups in total. The second-order valence-electron chi connectivity index (χ2n) is 6.72. The summed E-state index contributed by atoms with van der Waals surface area (Å²) in [6.07, 6.45) is 6.28. The van der Waals surface area contributed by atoms with Gasteiger partial charge in [-0.1, -0.05) is 29.8 Å². The first-order chi connectivity index (χ1) is 12.1. The number of rotatable bonds is 6. The van der Waals surface area contributed by atoms with Crippen LogP contribution in [0.5, 0.6) is 0 Å². The number of aromatic nitrogens is 2. The zero-order valence-electron chi connectivity index (χ0n) is 14.6. The zero-order chi connectivity index (χ0) is 17.7. The zero-order valence-corrected chi connectivity index (χ0v) is 14.6. The number of nitrogens with zero attached hydrogens (tertiary/aromatic N) is 3. The Kier molecular flexibility index (Phi) is 5.50. The van der Waals surface area contributed by atoms with Gasteiger partial charge in [-0.2, -0.15) is 0 Å². The number of aliphatic hydroxyl groups excluding tert-OH is 1. The largest absolute Gasteiger partial charge is 0.393 e. The molecule has 25 heavy (non-hydrogen) atoms. The van der Waals surface area contributed by atoms with Gasteiger partial charge in [0.25, 0.3) is 0 Å². The third kappa shape index (κ3) is 4.46. The Morgan fingerprint density at radius 1 is 1.36 bits per heavy atom. The maximum Gasteiger partial charge on any atom is 0.224 e. The van der Waals surface area contributed by atoms with E-state index in [1.165, 1.54) is 5.56 Å². The highest BCUT2D eigenvalue weighted by Gasteiger charge is 2.38. The fourth-order valence-corrected chi connectivity index (χ4v) is 3.20. The Balaban J connectivity index is 1.62. The molecule has 2 heterocycles. The first-order valence-electron chi connectivity index (χ1n) is 8.64. The molecule has 134 valence electrons. The summed E-state index contributed by atoms with van der Waals surface area (Å²) in [6.45, 7) is 3.98. The van der Waals surface area contributed by atoms with Gasteiger partial charge in [0, 0.05) is 38.3 Å².